The molecule has 2 heterocycles. The number of esters is 1. The number of hydrogen-bond acceptors (Lipinski definition) is 8. The zero-order chi connectivity index (χ0) is 29.3. The fourth-order valence-corrected chi connectivity index (χ4v) is 4.92. The first-order valence-electron chi connectivity index (χ1n) is 12.6. The maximum atomic E-state index is 13.2. The fourth-order valence-electron chi connectivity index (χ4n) is 4.38. The third-order valence-electron chi connectivity index (χ3n) is 6.67. The van der Waals surface area contributed by atoms with Crippen LogP contribution in [0.1, 0.15) is 50.8 Å². The molecular formula is C28H25Cl2F2N3O7. The number of aromatic nitrogens is 1. The number of carbonyl (C=O) groups excluding carboxylic acids is 3. The first-order valence-corrected chi connectivity index (χ1v) is 13.4. The number of anilines is 1. The Hall–Kier alpha value is -4.00. The quantitative estimate of drug-likeness (QED) is 0.183. The van der Waals surface area contributed by atoms with E-state index in [4.69, 9.17) is 38.4 Å². The molecule has 2 amide bonds. The van der Waals surface area contributed by atoms with E-state index >= 15 is 0 Å². The van der Waals surface area contributed by atoms with Gasteiger partial charge in [-0.3, -0.25) is 19.3 Å². The molecule has 10 nitrogen and oxygen atoms in total. The van der Waals surface area contributed by atoms with Crippen molar-refractivity contribution in [2.24, 2.45) is 5.92 Å². The number of halogens is 4. The molecule has 0 bridgehead atoms. The van der Waals surface area contributed by atoms with Gasteiger partial charge in [-0.15, -0.1) is 0 Å². The monoisotopic (exact) mass is 623 g/mol. The van der Waals surface area contributed by atoms with E-state index in [1.54, 1.807) is 0 Å². The summed E-state index contributed by atoms with van der Waals surface area (Å²) in [6.07, 6.45) is 3.85. The second kappa shape index (κ2) is 12.9. The number of fused-ring (bicyclic) bond motifs is 1. The average molecular weight is 624 g/mol. The molecule has 5 rings (SSSR count). The number of pyridine rings is 1. The summed E-state index contributed by atoms with van der Waals surface area (Å²) in [4.78, 5) is 42.4. The topological polar surface area (TPSA) is 152 Å². The number of rotatable bonds is 11. The van der Waals surface area contributed by atoms with Crippen LogP contribution in [-0.4, -0.2) is 47.9 Å². The third kappa shape index (κ3) is 6.89. The van der Waals surface area contributed by atoms with Crippen molar-refractivity contribution >= 4 is 46.7 Å². The van der Waals surface area contributed by atoms with Gasteiger partial charge in [0, 0.05) is 17.7 Å². The number of H-pyrrole nitrogens is 1. The predicted octanol–water partition coefficient (Wildman–Crippen LogP) is 4.73. The fraction of sp³-hybridized carbons (Fsp3) is 0.286. The van der Waals surface area contributed by atoms with E-state index in [-0.39, 0.29) is 44.6 Å². The summed E-state index contributed by atoms with van der Waals surface area (Å²) in [6, 6.07) is 8.45. The van der Waals surface area contributed by atoms with Gasteiger partial charge in [0.25, 0.3) is 11.8 Å². The summed E-state index contributed by atoms with van der Waals surface area (Å²) >= 11 is 12.7. The highest BCUT2D eigenvalue weighted by Gasteiger charge is 2.37. The minimum Gasteiger partial charge on any atom is -0.870 e. The molecule has 222 valence electrons. The van der Waals surface area contributed by atoms with Gasteiger partial charge in [0.05, 0.1) is 17.7 Å². The summed E-state index contributed by atoms with van der Waals surface area (Å²) in [6.45, 7) is -3.44. The highest BCUT2D eigenvalue weighted by molar-refractivity contribution is 6.35. The van der Waals surface area contributed by atoms with Gasteiger partial charge < -0.3 is 25.4 Å². The molecule has 1 atom stereocenters. The highest BCUT2D eigenvalue weighted by Crippen LogP contribution is 2.38. The van der Waals surface area contributed by atoms with E-state index in [1.807, 2.05) is 0 Å². The number of aromatic amines is 1. The van der Waals surface area contributed by atoms with E-state index in [9.17, 15) is 23.2 Å². The van der Waals surface area contributed by atoms with Gasteiger partial charge in [-0.2, -0.15) is 8.78 Å². The molecule has 1 aliphatic heterocycles. The first-order chi connectivity index (χ1) is 19.6. The molecule has 0 spiro atoms. The van der Waals surface area contributed by atoms with Crippen LogP contribution in [0, 0.1) is 5.92 Å². The Morgan fingerprint density at radius 2 is 1.71 bits per heavy atom. The number of nitrogens with two attached hydrogens (primary N) is 1. The van der Waals surface area contributed by atoms with Crippen molar-refractivity contribution in [2.75, 3.05) is 18.9 Å². The number of ether oxygens (including phenoxy) is 3. The Kier molecular flexibility index (Phi) is 9.50. The van der Waals surface area contributed by atoms with Crippen molar-refractivity contribution in [3.63, 3.8) is 0 Å². The number of nitrogen functional groups attached to an aromatic ring is 1. The van der Waals surface area contributed by atoms with E-state index in [2.05, 4.69) is 9.72 Å². The van der Waals surface area contributed by atoms with Gasteiger partial charge in [0.1, 0.15) is 22.7 Å². The van der Waals surface area contributed by atoms with E-state index in [0.29, 0.717) is 29.3 Å². The number of amides is 2. The number of alkyl halides is 2. The molecule has 4 N–H and O–H groups in total. The second-order valence-electron chi connectivity index (χ2n) is 9.65. The molecule has 2 aliphatic rings. The van der Waals surface area contributed by atoms with Crippen LogP contribution in [0.5, 0.6) is 11.5 Å². The van der Waals surface area contributed by atoms with E-state index in [0.717, 1.165) is 17.7 Å². The molecule has 3 aromatic rings. The van der Waals surface area contributed by atoms with Gasteiger partial charge in [0.15, 0.2) is 23.9 Å². The molecule has 0 unspecified atom stereocenters. The number of nitrogens with one attached hydrogen (secondary N) is 1. The van der Waals surface area contributed by atoms with Crippen LogP contribution in [-0.2, 0) is 16.0 Å². The lowest BCUT2D eigenvalue weighted by Gasteiger charge is -2.22. The van der Waals surface area contributed by atoms with Gasteiger partial charge in [0.2, 0.25) is 0 Å². The third-order valence-corrected chi connectivity index (χ3v) is 7.34. The smallest absolute Gasteiger partial charge is 0.387 e. The Labute approximate surface area is 248 Å². The maximum Gasteiger partial charge on any atom is 0.387 e. The highest BCUT2D eigenvalue weighted by atomic mass is 35.5. The van der Waals surface area contributed by atoms with Crippen molar-refractivity contribution in [2.45, 2.75) is 32.0 Å². The minimum atomic E-state index is -3.08. The van der Waals surface area contributed by atoms with Crippen LogP contribution in [0.15, 0.2) is 48.8 Å². The molecule has 1 fully saturated rings. The molecule has 1 aromatic heterocycles. The van der Waals surface area contributed by atoms with Crippen molar-refractivity contribution in [3.05, 3.63) is 81.1 Å². The lowest BCUT2D eigenvalue weighted by Crippen LogP contribution is -2.36. The molecule has 1 saturated carbocycles. The van der Waals surface area contributed by atoms with Gasteiger partial charge in [-0.25, -0.2) is 4.98 Å². The Balaban J connectivity index is 0.00000405. The zero-order valence-corrected chi connectivity index (χ0v) is 23.3. The SMILES string of the molecule is Nc1ccc2c(c1)C(=O)N(CC(=O)O[C@@H](Cc1c(Cl)c[nH+]cc1Cl)c1ccc(OC(F)F)c(OCC3CC3)c1)C2=O.[OH-]. The molecule has 0 radical (unpaired) electrons. The Bertz CT molecular complexity index is 1500. The largest absolute Gasteiger partial charge is 0.870 e. The van der Waals surface area contributed by atoms with Gasteiger partial charge in [-0.1, -0.05) is 29.3 Å². The zero-order valence-electron chi connectivity index (χ0n) is 21.8. The predicted molar refractivity (Wildman–Crippen MR) is 145 cm³/mol. The van der Waals surface area contributed by atoms with Crippen LogP contribution in [0.25, 0.3) is 0 Å². The molecule has 14 heteroatoms. The number of hydrogen-bond donors (Lipinski definition) is 1. The van der Waals surface area contributed by atoms with Crippen LogP contribution < -0.4 is 20.2 Å². The van der Waals surface area contributed by atoms with Gasteiger partial charge in [-0.05, 0) is 54.7 Å². The second-order valence-corrected chi connectivity index (χ2v) is 10.5. The van der Waals surface area contributed by atoms with Crippen molar-refractivity contribution in [3.8, 4) is 11.5 Å². The number of carbonyl (C=O) groups is 3. The molecule has 2 aromatic carbocycles. The number of benzene rings is 2. The molecule has 42 heavy (non-hydrogen) atoms. The van der Waals surface area contributed by atoms with E-state index < -0.39 is 37.0 Å². The van der Waals surface area contributed by atoms with Crippen LogP contribution in [0.3, 0.4) is 0 Å². The normalized spacial score (nSPS) is 14.8. The molecular weight excluding hydrogens is 599 g/mol. The standard InChI is InChI=1S/C28H23Cl2F2N3O6.H2O/c29-20-10-34-11-21(30)19(20)9-23(15-3-6-22(41-28(31)32)24(7-15)39-13-14-1-2-14)40-25(36)12-35-26(37)17-5-4-16(33)8-18(17)27(35)38;/h3-8,10-11,14,23,28H,1-2,9,12-13,33H2;1H2/t23-;/m0./s1. The summed E-state index contributed by atoms with van der Waals surface area (Å²) in [5.74, 6) is -2.05. The first kappa shape index (κ1) is 30.9. The average Bonchev–Trinajstić information content (AvgIpc) is 3.73. The minimum absolute atomic E-state index is 0. The van der Waals surface area contributed by atoms with E-state index in [1.165, 1.54) is 48.8 Å². The molecule has 1 aliphatic carbocycles. The van der Waals surface area contributed by atoms with Crippen LogP contribution in [0.4, 0.5) is 14.5 Å². The molecule has 0 saturated heterocycles. The number of nitrogens with zero attached hydrogens (tertiary/aromatic N) is 1. The summed E-state index contributed by atoms with van der Waals surface area (Å²) in [5, 5.41) is 0.527. The van der Waals surface area contributed by atoms with Crippen molar-refractivity contribution in [1.82, 2.24) is 4.90 Å². The maximum absolute atomic E-state index is 13.2. The summed E-state index contributed by atoms with van der Waals surface area (Å²) < 4.78 is 42.3. The Morgan fingerprint density at radius 1 is 1.02 bits per heavy atom. The van der Waals surface area contributed by atoms with Gasteiger partial charge >= 0.3 is 12.6 Å². The van der Waals surface area contributed by atoms with Crippen molar-refractivity contribution < 1.29 is 47.8 Å². The van der Waals surface area contributed by atoms with Crippen LogP contribution in [0.2, 0.25) is 10.0 Å². The van der Waals surface area contributed by atoms with Crippen molar-refractivity contribution in [1.29, 1.82) is 0 Å². The Morgan fingerprint density at radius 3 is 2.38 bits per heavy atom. The lowest BCUT2D eigenvalue weighted by molar-refractivity contribution is -0.377. The van der Waals surface area contributed by atoms with Crippen LogP contribution >= 0.6 is 23.2 Å². The number of imide groups is 1. The lowest BCUT2D eigenvalue weighted by atomic mass is 10.0. The summed E-state index contributed by atoms with van der Waals surface area (Å²) in [5.41, 5.74) is 7.05. The summed E-state index contributed by atoms with van der Waals surface area (Å²) in [7, 11) is 0.